The molecule has 0 saturated carbocycles. The topological polar surface area (TPSA) is 62.2 Å². The molecule has 0 aliphatic carbocycles. The van der Waals surface area contributed by atoms with Gasteiger partial charge in [0.2, 0.25) is 0 Å². The molecule has 2 aromatic rings. The summed E-state index contributed by atoms with van der Waals surface area (Å²) in [7, 11) is 0. The number of nitrogens with one attached hydrogen (secondary N) is 1. The second-order valence-corrected chi connectivity index (χ2v) is 5.72. The number of hydrogen-bond acceptors (Lipinski definition) is 4. The lowest BCUT2D eigenvalue weighted by molar-refractivity contribution is 0.0697. The molecule has 1 aliphatic heterocycles. The predicted octanol–water partition coefficient (Wildman–Crippen LogP) is 2.85. The molecule has 1 fully saturated rings. The minimum atomic E-state index is -0.939. The summed E-state index contributed by atoms with van der Waals surface area (Å²) in [5.41, 5.74) is 1.77. The third-order valence-corrected chi connectivity index (χ3v) is 4.45. The lowest BCUT2D eigenvalue weighted by Gasteiger charge is -2.17. The van der Waals surface area contributed by atoms with Crippen LogP contribution in [0.2, 0.25) is 0 Å². The van der Waals surface area contributed by atoms with E-state index in [0.29, 0.717) is 11.7 Å². The lowest BCUT2D eigenvalue weighted by atomic mass is 10.1. The molecular formula is C14H14N2O2S. The van der Waals surface area contributed by atoms with Crippen molar-refractivity contribution in [1.82, 2.24) is 4.98 Å². The molecule has 1 aromatic heterocycles. The van der Waals surface area contributed by atoms with Gasteiger partial charge in [-0.1, -0.05) is 18.2 Å². The van der Waals surface area contributed by atoms with Crippen LogP contribution < -0.4 is 5.32 Å². The van der Waals surface area contributed by atoms with Gasteiger partial charge in [0, 0.05) is 23.4 Å². The number of thioether (sulfide) groups is 1. The Morgan fingerprint density at radius 1 is 1.42 bits per heavy atom. The van der Waals surface area contributed by atoms with E-state index < -0.39 is 5.97 Å². The fourth-order valence-corrected chi connectivity index (χ4v) is 3.46. The third kappa shape index (κ3) is 2.38. The van der Waals surface area contributed by atoms with E-state index >= 15 is 0 Å². The van der Waals surface area contributed by atoms with Crippen LogP contribution in [0.3, 0.4) is 0 Å². The normalized spacial score (nSPS) is 18.6. The van der Waals surface area contributed by atoms with Gasteiger partial charge in [0.05, 0.1) is 11.2 Å². The van der Waals surface area contributed by atoms with Crippen molar-refractivity contribution in [3.05, 3.63) is 36.0 Å². The van der Waals surface area contributed by atoms with Crippen LogP contribution in [-0.4, -0.2) is 33.6 Å². The number of para-hydroxylation sites is 1. The summed E-state index contributed by atoms with van der Waals surface area (Å²) in [5, 5.41) is 13.6. The van der Waals surface area contributed by atoms with Crippen molar-refractivity contribution in [2.45, 2.75) is 12.5 Å². The molecule has 1 aromatic carbocycles. The van der Waals surface area contributed by atoms with Crippen molar-refractivity contribution in [3.8, 4) is 0 Å². The van der Waals surface area contributed by atoms with Crippen molar-refractivity contribution >= 4 is 34.3 Å². The summed E-state index contributed by atoms with van der Waals surface area (Å²) in [6, 6.07) is 7.97. The maximum atomic E-state index is 11.4. The Bertz CT molecular complexity index is 624. The second-order valence-electron chi connectivity index (χ2n) is 4.57. The molecule has 1 unspecified atom stereocenters. The Kier molecular flexibility index (Phi) is 3.29. The molecule has 5 heteroatoms. The summed E-state index contributed by atoms with van der Waals surface area (Å²) < 4.78 is 0. The molecule has 1 aliphatic rings. The minimum Gasteiger partial charge on any atom is -0.478 e. The average Bonchev–Trinajstić information content (AvgIpc) is 2.92. The number of fused-ring (bicyclic) bond motifs is 1. The highest BCUT2D eigenvalue weighted by Gasteiger charge is 2.20. The molecule has 2 N–H and O–H groups in total. The van der Waals surface area contributed by atoms with Crippen LogP contribution >= 0.6 is 11.8 Å². The van der Waals surface area contributed by atoms with Gasteiger partial charge in [0.25, 0.3) is 0 Å². The number of pyridine rings is 1. The van der Waals surface area contributed by atoms with Gasteiger partial charge in [-0.05, 0) is 18.2 Å². The van der Waals surface area contributed by atoms with Crippen LogP contribution in [-0.2, 0) is 0 Å². The zero-order chi connectivity index (χ0) is 13.2. The van der Waals surface area contributed by atoms with E-state index in [9.17, 15) is 9.90 Å². The molecular weight excluding hydrogens is 260 g/mol. The van der Waals surface area contributed by atoms with Crippen LogP contribution in [0, 0.1) is 0 Å². The quantitative estimate of drug-likeness (QED) is 0.901. The molecule has 2 heterocycles. The molecule has 19 heavy (non-hydrogen) atoms. The van der Waals surface area contributed by atoms with Gasteiger partial charge < -0.3 is 10.4 Å². The first-order valence-electron chi connectivity index (χ1n) is 6.21. The van der Waals surface area contributed by atoms with Crippen LogP contribution in [0.25, 0.3) is 10.9 Å². The maximum absolute atomic E-state index is 11.4. The van der Waals surface area contributed by atoms with E-state index in [1.165, 1.54) is 6.20 Å². The van der Waals surface area contributed by atoms with Gasteiger partial charge in [-0.3, -0.25) is 4.98 Å². The average molecular weight is 274 g/mol. The van der Waals surface area contributed by atoms with E-state index in [0.717, 1.165) is 28.8 Å². The number of hydrogen-bond donors (Lipinski definition) is 2. The molecule has 98 valence electrons. The molecule has 3 rings (SSSR count). The summed E-state index contributed by atoms with van der Waals surface area (Å²) >= 11 is 1.90. The number of carbonyl (C=O) groups is 1. The number of carboxylic acids is 1. The maximum Gasteiger partial charge on any atom is 0.339 e. The number of aromatic carboxylic acids is 1. The van der Waals surface area contributed by atoms with Gasteiger partial charge in [0.1, 0.15) is 5.56 Å². The SMILES string of the molecule is O=C(O)c1cnc2ccccc2c1NC1CCSC1. The number of rotatable bonds is 3. The van der Waals surface area contributed by atoms with Gasteiger partial charge in [0.15, 0.2) is 0 Å². The highest BCUT2D eigenvalue weighted by atomic mass is 32.2. The first-order valence-corrected chi connectivity index (χ1v) is 7.36. The Morgan fingerprint density at radius 2 is 2.26 bits per heavy atom. The van der Waals surface area contributed by atoms with Crippen molar-refractivity contribution < 1.29 is 9.90 Å². The third-order valence-electron chi connectivity index (χ3n) is 3.28. The van der Waals surface area contributed by atoms with Gasteiger partial charge in [-0.15, -0.1) is 0 Å². The highest BCUT2D eigenvalue weighted by molar-refractivity contribution is 7.99. The van der Waals surface area contributed by atoms with Crippen molar-refractivity contribution in [1.29, 1.82) is 0 Å². The molecule has 4 nitrogen and oxygen atoms in total. The van der Waals surface area contributed by atoms with Crippen LogP contribution in [0.15, 0.2) is 30.5 Å². The molecule has 0 amide bonds. The smallest absolute Gasteiger partial charge is 0.339 e. The van der Waals surface area contributed by atoms with Gasteiger partial charge >= 0.3 is 5.97 Å². The van der Waals surface area contributed by atoms with Gasteiger partial charge in [-0.2, -0.15) is 11.8 Å². The number of nitrogens with zero attached hydrogens (tertiary/aromatic N) is 1. The Labute approximate surface area is 115 Å². The van der Waals surface area contributed by atoms with E-state index in [-0.39, 0.29) is 5.56 Å². The predicted molar refractivity (Wildman–Crippen MR) is 78.1 cm³/mol. The van der Waals surface area contributed by atoms with Crippen molar-refractivity contribution in [3.63, 3.8) is 0 Å². The molecule has 1 saturated heterocycles. The highest BCUT2D eigenvalue weighted by Crippen LogP contribution is 2.29. The summed E-state index contributed by atoms with van der Waals surface area (Å²) in [5.74, 6) is 1.21. The zero-order valence-electron chi connectivity index (χ0n) is 10.3. The molecule has 0 spiro atoms. The van der Waals surface area contributed by atoms with Crippen LogP contribution in [0.1, 0.15) is 16.8 Å². The number of carboxylic acid groups (broad SMARTS) is 1. The number of anilines is 1. The van der Waals surface area contributed by atoms with E-state index in [2.05, 4.69) is 10.3 Å². The standard InChI is InChI=1S/C14H14N2O2S/c17-14(18)11-7-15-12-4-2-1-3-10(12)13(11)16-9-5-6-19-8-9/h1-4,7,9H,5-6,8H2,(H,15,16)(H,17,18). The summed E-state index contributed by atoms with van der Waals surface area (Å²) in [6.07, 6.45) is 2.51. The van der Waals surface area contributed by atoms with E-state index in [4.69, 9.17) is 0 Å². The van der Waals surface area contributed by atoms with Crippen molar-refractivity contribution in [2.24, 2.45) is 0 Å². The Hall–Kier alpha value is -1.75. The first-order chi connectivity index (χ1) is 9.25. The molecule has 0 radical (unpaired) electrons. The molecule has 0 bridgehead atoms. The van der Waals surface area contributed by atoms with Gasteiger partial charge in [-0.25, -0.2) is 4.79 Å². The Balaban J connectivity index is 2.10. The van der Waals surface area contributed by atoms with E-state index in [1.54, 1.807) is 0 Å². The first kappa shape index (κ1) is 12.3. The van der Waals surface area contributed by atoms with Crippen molar-refractivity contribution in [2.75, 3.05) is 16.8 Å². The van der Waals surface area contributed by atoms with E-state index in [1.807, 2.05) is 36.0 Å². The monoisotopic (exact) mass is 274 g/mol. The summed E-state index contributed by atoms with van der Waals surface area (Å²) in [4.78, 5) is 15.6. The summed E-state index contributed by atoms with van der Waals surface area (Å²) in [6.45, 7) is 0. The fraction of sp³-hybridized carbons (Fsp3) is 0.286. The number of benzene rings is 1. The zero-order valence-corrected chi connectivity index (χ0v) is 11.1. The number of aromatic nitrogens is 1. The minimum absolute atomic E-state index is 0.246. The Morgan fingerprint density at radius 3 is 3.00 bits per heavy atom. The molecule has 1 atom stereocenters. The fourth-order valence-electron chi connectivity index (χ4n) is 2.31. The largest absolute Gasteiger partial charge is 0.478 e. The van der Waals surface area contributed by atoms with Crippen LogP contribution in [0.4, 0.5) is 5.69 Å². The van der Waals surface area contributed by atoms with Crippen LogP contribution in [0.5, 0.6) is 0 Å². The lowest BCUT2D eigenvalue weighted by Crippen LogP contribution is -2.20. The second kappa shape index (κ2) is 5.09.